The molecule has 3 N–H and O–H groups in total. The highest BCUT2D eigenvalue weighted by atomic mass is 16.5. The summed E-state index contributed by atoms with van der Waals surface area (Å²) in [6.07, 6.45) is 1.35. The molecule has 0 spiro atoms. The molecular formula is C18H17N3O4. The van der Waals surface area contributed by atoms with Gasteiger partial charge in [-0.2, -0.15) is 5.10 Å². The van der Waals surface area contributed by atoms with Crippen LogP contribution in [0.2, 0.25) is 0 Å². The van der Waals surface area contributed by atoms with E-state index in [2.05, 4.69) is 15.8 Å². The number of nitrogens with zero attached hydrogens (tertiary/aromatic N) is 1. The third kappa shape index (κ3) is 3.45. The predicted molar refractivity (Wildman–Crippen MR) is 92.9 cm³/mol. The van der Waals surface area contributed by atoms with E-state index in [1.54, 1.807) is 44.2 Å². The number of nitrogens with one attached hydrogen (secondary N) is 2. The van der Waals surface area contributed by atoms with E-state index in [1.807, 2.05) is 0 Å². The van der Waals surface area contributed by atoms with Crippen LogP contribution < -0.4 is 15.5 Å². The predicted octanol–water partition coefficient (Wildman–Crippen LogP) is 2.27. The van der Waals surface area contributed by atoms with Crippen LogP contribution in [0, 0.1) is 0 Å². The molecule has 0 fully saturated rings. The van der Waals surface area contributed by atoms with E-state index in [0.29, 0.717) is 22.6 Å². The maximum atomic E-state index is 12.2. The van der Waals surface area contributed by atoms with Gasteiger partial charge in [0.15, 0.2) is 5.60 Å². The smallest absolute Gasteiger partial charge is 0.271 e. The molecule has 2 aromatic carbocycles. The molecule has 1 aliphatic heterocycles. The molecule has 0 unspecified atom stereocenters. The van der Waals surface area contributed by atoms with Gasteiger partial charge >= 0.3 is 0 Å². The summed E-state index contributed by atoms with van der Waals surface area (Å²) in [5.74, 6) is -0.167. The van der Waals surface area contributed by atoms with Gasteiger partial charge in [-0.15, -0.1) is 0 Å². The summed E-state index contributed by atoms with van der Waals surface area (Å²) < 4.78 is 5.62. The van der Waals surface area contributed by atoms with Gasteiger partial charge in [-0.1, -0.05) is 12.1 Å². The van der Waals surface area contributed by atoms with Gasteiger partial charge in [0.25, 0.3) is 11.8 Å². The number of ether oxygens (including phenoxy) is 1. The fraction of sp³-hybridized carbons (Fsp3) is 0.167. The molecule has 2 aromatic rings. The van der Waals surface area contributed by atoms with Gasteiger partial charge in [0.2, 0.25) is 0 Å². The van der Waals surface area contributed by atoms with Gasteiger partial charge in [0.05, 0.1) is 11.9 Å². The summed E-state index contributed by atoms with van der Waals surface area (Å²) in [4.78, 5) is 24.1. The molecule has 7 nitrogen and oxygen atoms in total. The first-order valence-electron chi connectivity index (χ1n) is 7.63. The number of anilines is 1. The van der Waals surface area contributed by atoms with Crippen molar-refractivity contribution in [2.75, 3.05) is 5.32 Å². The highest BCUT2D eigenvalue weighted by molar-refractivity contribution is 6.02. The first kappa shape index (κ1) is 16.5. The Labute approximate surface area is 144 Å². The molecule has 0 saturated heterocycles. The molecule has 0 saturated carbocycles. The fourth-order valence-corrected chi connectivity index (χ4v) is 2.27. The zero-order valence-corrected chi connectivity index (χ0v) is 13.7. The molecule has 2 amide bonds. The molecule has 3 rings (SSSR count). The number of phenolic OH excluding ortho intramolecular Hbond substituents is 1. The van der Waals surface area contributed by atoms with E-state index in [0.717, 1.165) is 0 Å². The van der Waals surface area contributed by atoms with Gasteiger partial charge in [-0.05, 0) is 44.2 Å². The molecule has 0 atom stereocenters. The van der Waals surface area contributed by atoms with E-state index in [4.69, 9.17) is 4.74 Å². The monoisotopic (exact) mass is 339 g/mol. The van der Waals surface area contributed by atoms with Crippen molar-refractivity contribution in [1.82, 2.24) is 5.43 Å². The summed E-state index contributed by atoms with van der Waals surface area (Å²) >= 11 is 0. The summed E-state index contributed by atoms with van der Waals surface area (Å²) in [5.41, 5.74) is 2.65. The van der Waals surface area contributed by atoms with Crippen molar-refractivity contribution in [3.8, 4) is 11.5 Å². The second kappa shape index (κ2) is 6.27. The standard InChI is InChI=1S/C18H17N3O4/c1-18(2)17(24)20-13-9-11(7-8-15(13)25-18)16(23)21-19-10-12-5-3-4-6-14(12)22/h3-10,22H,1-2H3,(H,20,24)(H,21,23)/b19-10+. The number of para-hydroxylation sites is 1. The number of aromatic hydroxyl groups is 1. The second-order valence-corrected chi connectivity index (χ2v) is 6.04. The molecule has 0 aliphatic carbocycles. The number of amides is 2. The normalized spacial score (nSPS) is 15.2. The largest absolute Gasteiger partial charge is 0.507 e. The number of phenols is 1. The Morgan fingerprint density at radius 1 is 1.28 bits per heavy atom. The zero-order valence-electron chi connectivity index (χ0n) is 13.7. The minimum Gasteiger partial charge on any atom is -0.507 e. The summed E-state index contributed by atoms with van der Waals surface area (Å²) in [6, 6.07) is 11.4. The van der Waals surface area contributed by atoms with Crippen LogP contribution in [-0.4, -0.2) is 28.7 Å². The molecule has 1 aliphatic rings. The van der Waals surface area contributed by atoms with Crippen LogP contribution in [0.3, 0.4) is 0 Å². The van der Waals surface area contributed by atoms with Crippen LogP contribution in [-0.2, 0) is 4.79 Å². The van der Waals surface area contributed by atoms with Crippen molar-refractivity contribution in [3.63, 3.8) is 0 Å². The van der Waals surface area contributed by atoms with Crippen molar-refractivity contribution < 1.29 is 19.4 Å². The molecule has 128 valence electrons. The summed E-state index contributed by atoms with van der Waals surface area (Å²) in [7, 11) is 0. The van der Waals surface area contributed by atoms with Crippen LogP contribution >= 0.6 is 0 Å². The van der Waals surface area contributed by atoms with Crippen LogP contribution in [0.1, 0.15) is 29.8 Å². The number of hydrazone groups is 1. The number of rotatable bonds is 3. The van der Waals surface area contributed by atoms with Gasteiger partial charge in [0.1, 0.15) is 11.5 Å². The average molecular weight is 339 g/mol. The number of carbonyl (C=O) groups excluding carboxylic acids is 2. The number of carbonyl (C=O) groups is 2. The zero-order chi connectivity index (χ0) is 18.0. The lowest BCUT2D eigenvalue weighted by atomic mass is 10.0. The number of hydrogen-bond donors (Lipinski definition) is 3. The van der Waals surface area contributed by atoms with Crippen LogP contribution in [0.15, 0.2) is 47.6 Å². The van der Waals surface area contributed by atoms with Crippen molar-refractivity contribution in [3.05, 3.63) is 53.6 Å². The van der Waals surface area contributed by atoms with E-state index >= 15 is 0 Å². The Kier molecular flexibility index (Phi) is 4.14. The Hall–Kier alpha value is -3.35. The van der Waals surface area contributed by atoms with Crippen molar-refractivity contribution in [1.29, 1.82) is 0 Å². The molecular weight excluding hydrogens is 322 g/mol. The Balaban J connectivity index is 1.73. The molecule has 7 heteroatoms. The molecule has 0 bridgehead atoms. The van der Waals surface area contributed by atoms with Gasteiger partial charge < -0.3 is 15.2 Å². The molecule has 0 aromatic heterocycles. The first-order valence-corrected chi connectivity index (χ1v) is 7.63. The Bertz CT molecular complexity index is 874. The SMILES string of the molecule is CC1(C)Oc2ccc(C(=O)N/N=C/c3ccccc3O)cc2NC1=O. The molecule has 0 radical (unpaired) electrons. The maximum Gasteiger partial charge on any atom is 0.271 e. The van der Waals surface area contributed by atoms with E-state index in [-0.39, 0.29) is 11.7 Å². The van der Waals surface area contributed by atoms with E-state index in [9.17, 15) is 14.7 Å². The van der Waals surface area contributed by atoms with Gasteiger partial charge in [0, 0.05) is 11.1 Å². The summed E-state index contributed by atoms with van der Waals surface area (Å²) in [6.45, 7) is 3.33. The Morgan fingerprint density at radius 3 is 2.80 bits per heavy atom. The maximum absolute atomic E-state index is 12.2. The second-order valence-electron chi connectivity index (χ2n) is 6.04. The van der Waals surface area contributed by atoms with Crippen LogP contribution in [0.4, 0.5) is 5.69 Å². The lowest BCUT2D eigenvalue weighted by Crippen LogP contribution is -2.45. The minimum atomic E-state index is -0.960. The van der Waals surface area contributed by atoms with Gasteiger partial charge in [-0.3, -0.25) is 9.59 Å². The van der Waals surface area contributed by atoms with Crippen molar-refractivity contribution >= 4 is 23.7 Å². The van der Waals surface area contributed by atoms with E-state index < -0.39 is 11.5 Å². The highest BCUT2D eigenvalue weighted by Gasteiger charge is 2.35. The van der Waals surface area contributed by atoms with Gasteiger partial charge in [-0.25, -0.2) is 5.43 Å². The third-order valence-corrected chi connectivity index (χ3v) is 3.71. The van der Waals surface area contributed by atoms with E-state index in [1.165, 1.54) is 18.3 Å². The minimum absolute atomic E-state index is 0.0664. The van der Waals surface area contributed by atoms with Crippen LogP contribution in [0.5, 0.6) is 11.5 Å². The molecule has 1 heterocycles. The lowest BCUT2D eigenvalue weighted by Gasteiger charge is -2.31. The Morgan fingerprint density at radius 2 is 2.04 bits per heavy atom. The molecule has 25 heavy (non-hydrogen) atoms. The fourth-order valence-electron chi connectivity index (χ4n) is 2.27. The first-order chi connectivity index (χ1) is 11.9. The summed E-state index contributed by atoms with van der Waals surface area (Å²) in [5, 5.41) is 16.2. The quantitative estimate of drug-likeness (QED) is 0.590. The van der Waals surface area contributed by atoms with Crippen LogP contribution in [0.25, 0.3) is 0 Å². The highest BCUT2D eigenvalue weighted by Crippen LogP contribution is 2.34. The number of benzene rings is 2. The lowest BCUT2D eigenvalue weighted by molar-refractivity contribution is -0.129. The number of hydrogen-bond acceptors (Lipinski definition) is 5. The third-order valence-electron chi connectivity index (χ3n) is 3.71. The van der Waals surface area contributed by atoms with Crippen molar-refractivity contribution in [2.45, 2.75) is 19.4 Å². The average Bonchev–Trinajstić information content (AvgIpc) is 2.57. The van der Waals surface area contributed by atoms with Crippen molar-refractivity contribution in [2.24, 2.45) is 5.10 Å². The number of fused-ring (bicyclic) bond motifs is 1. The topological polar surface area (TPSA) is 100 Å².